The van der Waals surface area contributed by atoms with Gasteiger partial charge in [-0.3, -0.25) is 19.9 Å². The van der Waals surface area contributed by atoms with Crippen molar-refractivity contribution < 1.29 is 23.5 Å². The van der Waals surface area contributed by atoms with E-state index in [1.54, 1.807) is 37.6 Å². The fourth-order valence-corrected chi connectivity index (χ4v) is 4.27. The number of hydrogen-bond acceptors (Lipinski definition) is 8. The van der Waals surface area contributed by atoms with Gasteiger partial charge in [0.2, 0.25) is 0 Å². The van der Waals surface area contributed by atoms with E-state index in [0.717, 1.165) is 11.3 Å². The van der Waals surface area contributed by atoms with E-state index in [4.69, 9.17) is 13.9 Å². The van der Waals surface area contributed by atoms with Crippen molar-refractivity contribution in [1.82, 2.24) is 9.97 Å². The van der Waals surface area contributed by atoms with Crippen LogP contribution in [0.2, 0.25) is 0 Å². The first-order valence-electron chi connectivity index (χ1n) is 9.57. The molecule has 1 aliphatic heterocycles. The van der Waals surface area contributed by atoms with Gasteiger partial charge in [-0.15, -0.1) is 0 Å². The average Bonchev–Trinajstić information content (AvgIpc) is 3.44. The first-order chi connectivity index (χ1) is 14.7. The maximum atomic E-state index is 13.1. The molecule has 156 valence electrons. The van der Waals surface area contributed by atoms with Gasteiger partial charge in [-0.1, -0.05) is 11.3 Å². The third-order valence-electron chi connectivity index (χ3n) is 4.79. The van der Waals surface area contributed by atoms with Gasteiger partial charge in [0, 0.05) is 38.0 Å². The molecule has 0 aromatic carbocycles. The Balaban J connectivity index is 1.60. The quantitative estimate of drug-likeness (QED) is 0.572. The van der Waals surface area contributed by atoms with Gasteiger partial charge in [-0.05, 0) is 37.1 Å². The Kier molecular flexibility index (Phi) is 6.32. The Bertz CT molecular complexity index is 1030. The highest BCUT2D eigenvalue weighted by Crippen LogP contribution is 2.35. The summed E-state index contributed by atoms with van der Waals surface area (Å²) in [6, 6.07) is 6.77. The molecule has 30 heavy (non-hydrogen) atoms. The molecule has 0 bridgehead atoms. The lowest BCUT2D eigenvalue weighted by Gasteiger charge is -2.20. The van der Waals surface area contributed by atoms with E-state index in [9.17, 15) is 9.59 Å². The number of anilines is 1. The van der Waals surface area contributed by atoms with Crippen LogP contribution in [0.15, 0.2) is 41.1 Å². The molecule has 9 heteroatoms. The van der Waals surface area contributed by atoms with E-state index < -0.39 is 0 Å². The van der Waals surface area contributed by atoms with Crippen LogP contribution in [0.4, 0.5) is 5.13 Å². The van der Waals surface area contributed by atoms with Crippen molar-refractivity contribution in [3.05, 3.63) is 52.9 Å². The number of aromatic nitrogens is 2. The Morgan fingerprint density at radius 2 is 2.13 bits per heavy atom. The van der Waals surface area contributed by atoms with Crippen LogP contribution in [0.3, 0.4) is 0 Å². The molecule has 1 aliphatic rings. The van der Waals surface area contributed by atoms with Gasteiger partial charge in [0.15, 0.2) is 16.7 Å². The van der Waals surface area contributed by atoms with Crippen molar-refractivity contribution in [1.29, 1.82) is 0 Å². The summed E-state index contributed by atoms with van der Waals surface area (Å²) in [7, 11) is 1.57. The summed E-state index contributed by atoms with van der Waals surface area (Å²) < 4.78 is 15.9. The standard InChI is InChI=1S/C21H21N3O5S/c1-27-12-15-11-14(4-7-22-15)20(26)24-21-23-17(16-3-2-8-29-16)19(30-21)18(25)13-5-9-28-10-6-13/h2-4,7-8,11,13H,5-6,9-10,12H2,1H3,(H,23,24,26). The molecule has 4 heterocycles. The highest BCUT2D eigenvalue weighted by molar-refractivity contribution is 7.18. The summed E-state index contributed by atoms with van der Waals surface area (Å²) in [4.78, 5) is 35.0. The summed E-state index contributed by atoms with van der Waals surface area (Å²) in [5, 5.41) is 3.13. The Morgan fingerprint density at radius 1 is 1.30 bits per heavy atom. The van der Waals surface area contributed by atoms with Gasteiger partial charge in [0.25, 0.3) is 5.91 Å². The van der Waals surface area contributed by atoms with Crippen LogP contribution in [-0.4, -0.2) is 42.0 Å². The minimum absolute atomic E-state index is 0.00832. The zero-order chi connectivity index (χ0) is 20.9. The molecule has 4 rings (SSSR count). The average molecular weight is 427 g/mol. The molecular weight excluding hydrogens is 406 g/mol. The zero-order valence-corrected chi connectivity index (χ0v) is 17.2. The number of rotatable bonds is 7. The molecule has 8 nitrogen and oxygen atoms in total. The van der Waals surface area contributed by atoms with Crippen molar-refractivity contribution in [2.45, 2.75) is 19.4 Å². The molecule has 0 unspecified atom stereocenters. The second-order valence-electron chi connectivity index (χ2n) is 6.85. The molecule has 3 aromatic heterocycles. The van der Waals surface area contributed by atoms with Gasteiger partial charge in [-0.25, -0.2) is 4.98 Å². The maximum absolute atomic E-state index is 13.1. The number of ketones is 1. The molecule has 0 atom stereocenters. The molecule has 0 radical (unpaired) electrons. The molecule has 0 aliphatic carbocycles. The molecule has 1 fully saturated rings. The van der Waals surface area contributed by atoms with Gasteiger partial charge >= 0.3 is 0 Å². The number of hydrogen-bond donors (Lipinski definition) is 1. The fraction of sp³-hybridized carbons (Fsp3) is 0.333. The van der Waals surface area contributed by atoms with E-state index in [1.807, 2.05) is 0 Å². The number of thiazole rings is 1. The highest BCUT2D eigenvalue weighted by atomic mass is 32.1. The fourth-order valence-electron chi connectivity index (χ4n) is 3.28. The van der Waals surface area contributed by atoms with Crippen molar-refractivity contribution in [3.63, 3.8) is 0 Å². The largest absolute Gasteiger partial charge is 0.463 e. The monoisotopic (exact) mass is 427 g/mol. The van der Waals surface area contributed by atoms with E-state index in [2.05, 4.69) is 15.3 Å². The number of nitrogens with zero attached hydrogens (tertiary/aromatic N) is 2. The lowest BCUT2D eigenvalue weighted by Crippen LogP contribution is -2.23. The lowest BCUT2D eigenvalue weighted by molar-refractivity contribution is 0.0547. The van der Waals surface area contributed by atoms with Crippen LogP contribution in [0.1, 0.15) is 38.6 Å². The maximum Gasteiger partial charge on any atom is 0.257 e. The molecule has 3 aromatic rings. The summed E-state index contributed by atoms with van der Waals surface area (Å²) in [5.41, 5.74) is 1.53. The minimum Gasteiger partial charge on any atom is -0.463 e. The van der Waals surface area contributed by atoms with Crippen LogP contribution in [-0.2, 0) is 16.1 Å². The number of nitrogens with one attached hydrogen (secondary N) is 1. The lowest BCUT2D eigenvalue weighted by atomic mass is 9.94. The van der Waals surface area contributed by atoms with E-state index in [0.29, 0.717) is 65.4 Å². The summed E-state index contributed by atoms with van der Waals surface area (Å²) >= 11 is 1.16. The van der Waals surface area contributed by atoms with Crippen LogP contribution in [0, 0.1) is 5.92 Å². The van der Waals surface area contributed by atoms with Crippen molar-refractivity contribution in [2.24, 2.45) is 5.92 Å². The van der Waals surface area contributed by atoms with Crippen LogP contribution in [0.25, 0.3) is 11.5 Å². The number of carbonyl (C=O) groups excluding carboxylic acids is 2. The molecule has 0 spiro atoms. The molecular formula is C21H21N3O5S. The van der Waals surface area contributed by atoms with E-state index in [1.165, 1.54) is 6.26 Å². The van der Waals surface area contributed by atoms with Gasteiger partial charge in [0.05, 0.1) is 18.6 Å². The predicted molar refractivity (Wildman–Crippen MR) is 111 cm³/mol. The second-order valence-corrected chi connectivity index (χ2v) is 7.85. The van der Waals surface area contributed by atoms with Gasteiger partial charge < -0.3 is 13.9 Å². The van der Waals surface area contributed by atoms with Crippen LogP contribution >= 0.6 is 11.3 Å². The normalized spacial score (nSPS) is 14.6. The molecule has 0 saturated carbocycles. The van der Waals surface area contributed by atoms with Gasteiger partial charge in [0.1, 0.15) is 10.6 Å². The Labute approximate surface area is 177 Å². The predicted octanol–water partition coefficient (Wildman–Crippen LogP) is 3.81. The van der Waals surface area contributed by atoms with Crippen molar-refractivity contribution in [2.75, 3.05) is 25.6 Å². The summed E-state index contributed by atoms with van der Waals surface area (Å²) in [6.07, 6.45) is 4.44. The van der Waals surface area contributed by atoms with Crippen LogP contribution < -0.4 is 5.32 Å². The third kappa shape index (κ3) is 4.48. The topological polar surface area (TPSA) is 104 Å². The smallest absolute Gasteiger partial charge is 0.257 e. The van der Waals surface area contributed by atoms with E-state index >= 15 is 0 Å². The number of Topliss-reactive ketones (excluding diaryl/α,β-unsaturated/α-hetero) is 1. The number of furan rings is 1. The second kappa shape index (κ2) is 9.29. The number of carbonyl (C=O) groups is 2. The molecule has 1 N–H and O–H groups in total. The number of pyridine rings is 1. The third-order valence-corrected chi connectivity index (χ3v) is 5.77. The van der Waals surface area contributed by atoms with Crippen molar-refractivity contribution >= 4 is 28.2 Å². The number of methoxy groups -OCH3 is 1. The first kappa shape index (κ1) is 20.4. The SMILES string of the molecule is COCc1cc(C(=O)Nc2nc(-c3ccco3)c(C(=O)C3CCOCC3)s2)ccn1. The Morgan fingerprint density at radius 3 is 2.87 bits per heavy atom. The minimum atomic E-state index is -0.334. The summed E-state index contributed by atoms with van der Waals surface area (Å²) in [5.74, 6) is 0.0512. The van der Waals surface area contributed by atoms with Crippen LogP contribution in [0.5, 0.6) is 0 Å². The molecule has 1 saturated heterocycles. The first-order valence-corrected chi connectivity index (χ1v) is 10.4. The van der Waals surface area contributed by atoms with E-state index in [-0.39, 0.29) is 17.6 Å². The zero-order valence-electron chi connectivity index (χ0n) is 16.4. The number of ether oxygens (including phenoxy) is 2. The Hall–Kier alpha value is -2.88. The van der Waals surface area contributed by atoms with Gasteiger partial charge in [-0.2, -0.15) is 0 Å². The molecule has 1 amide bonds. The highest BCUT2D eigenvalue weighted by Gasteiger charge is 2.29. The van der Waals surface area contributed by atoms with Crippen molar-refractivity contribution in [3.8, 4) is 11.5 Å². The summed E-state index contributed by atoms with van der Waals surface area (Å²) in [6.45, 7) is 1.45. The number of amides is 1.